The van der Waals surface area contributed by atoms with Gasteiger partial charge in [-0.25, -0.2) is 0 Å². The van der Waals surface area contributed by atoms with E-state index in [1.54, 1.807) is 35.7 Å². The summed E-state index contributed by atoms with van der Waals surface area (Å²) in [6.45, 7) is 1.43. The number of carbonyl (C=O) groups is 1. The molecule has 0 saturated carbocycles. The molecule has 0 bridgehead atoms. The van der Waals surface area contributed by atoms with Gasteiger partial charge < -0.3 is 0 Å². The molecule has 19 heavy (non-hydrogen) atoms. The summed E-state index contributed by atoms with van der Waals surface area (Å²) in [6.07, 6.45) is -1.04. The van der Waals surface area contributed by atoms with E-state index < -0.39 is 16.2 Å². The van der Waals surface area contributed by atoms with Gasteiger partial charge in [-0.15, -0.1) is 11.3 Å². The lowest BCUT2D eigenvalue weighted by Crippen LogP contribution is -2.23. The lowest BCUT2D eigenvalue weighted by Gasteiger charge is -2.11. The summed E-state index contributed by atoms with van der Waals surface area (Å²) in [4.78, 5) is 12.5. The maximum Gasteiger partial charge on any atom is 0.297 e. The van der Waals surface area contributed by atoms with Gasteiger partial charge in [0.25, 0.3) is 10.1 Å². The molecule has 0 N–H and O–H groups in total. The number of rotatable bonds is 5. The van der Waals surface area contributed by atoms with Crippen LogP contribution in [-0.2, 0) is 14.3 Å². The molecule has 2 rings (SSSR count). The summed E-state index contributed by atoms with van der Waals surface area (Å²) in [5.41, 5.74) is 0. The van der Waals surface area contributed by atoms with E-state index in [0.717, 1.165) is 0 Å². The monoisotopic (exact) mass is 296 g/mol. The van der Waals surface area contributed by atoms with E-state index in [2.05, 4.69) is 0 Å². The second kappa shape index (κ2) is 5.64. The molecule has 0 aliphatic carbocycles. The van der Waals surface area contributed by atoms with Crippen molar-refractivity contribution in [2.24, 2.45) is 0 Å². The highest BCUT2D eigenvalue weighted by Crippen LogP contribution is 2.18. The summed E-state index contributed by atoms with van der Waals surface area (Å²) in [6, 6.07) is 11.1. The highest BCUT2D eigenvalue weighted by atomic mass is 32.2. The van der Waals surface area contributed by atoms with Crippen LogP contribution in [0.4, 0.5) is 0 Å². The lowest BCUT2D eigenvalue weighted by molar-refractivity contribution is 0.0830. The van der Waals surface area contributed by atoms with Gasteiger partial charge in [-0.05, 0) is 30.5 Å². The van der Waals surface area contributed by atoms with Crippen molar-refractivity contribution in [1.29, 1.82) is 0 Å². The third-order valence-corrected chi connectivity index (χ3v) is 4.71. The minimum atomic E-state index is -3.91. The number of thiophene rings is 1. The molecule has 0 aliphatic heterocycles. The Morgan fingerprint density at radius 1 is 1.16 bits per heavy atom. The average Bonchev–Trinajstić information content (AvgIpc) is 2.92. The zero-order chi connectivity index (χ0) is 13.9. The van der Waals surface area contributed by atoms with Crippen LogP contribution in [0.3, 0.4) is 0 Å². The molecular weight excluding hydrogens is 284 g/mol. The zero-order valence-electron chi connectivity index (χ0n) is 10.1. The van der Waals surface area contributed by atoms with E-state index in [1.165, 1.54) is 30.4 Å². The smallest absolute Gasteiger partial charge is 0.290 e. The molecule has 100 valence electrons. The van der Waals surface area contributed by atoms with Crippen molar-refractivity contribution in [3.63, 3.8) is 0 Å². The van der Waals surface area contributed by atoms with Crippen LogP contribution in [0.15, 0.2) is 52.7 Å². The first-order chi connectivity index (χ1) is 9.00. The molecule has 0 amide bonds. The van der Waals surface area contributed by atoms with E-state index in [0.29, 0.717) is 4.88 Å². The molecule has 1 aromatic heterocycles. The minimum absolute atomic E-state index is 0.0424. The topological polar surface area (TPSA) is 60.4 Å². The van der Waals surface area contributed by atoms with Gasteiger partial charge in [-0.2, -0.15) is 8.42 Å². The molecule has 0 aliphatic rings. The Kier molecular flexibility index (Phi) is 4.14. The molecule has 1 heterocycles. The Morgan fingerprint density at radius 2 is 1.84 bits per heavy atom. The first kappa shape index (κ1) is 13.9. The summed E-state index contributed by atoms with van der Waals surface area (Å²) in [5, 5.41) is 1.76. The quantitative estimate of drug-likeness (QED) is 0.629. The third-order valence-electron chi connectivity index (χ3n) is 2.44. The minimum Gasteiger partial charge on any atom is -0.290 e. The van der Waals surface area contributed by atoms with Crippen LogP contribution < -0.4 is 0 Å². The largest absolute Gasteiger partial charge is 0.297 e. The predicted molar refractivity (Wildman–Crippen MR) is 72.8 cm³/mol. The molecule has 0 fully saturated rings. The fourth-order valence-corrected chi connectivity index (χ4v) is 3.31. The number of hydrogen-bond acceptors (Lipinski definition) is 5. The lowest BCUT2D eigenvalue weighted by atomic mass is 10.2. The second-order valence-corrected chi connectivity index (χ2v) is 6.37. The molecule has 2 aromatic rings. The summed E-state index contributed by atoms with van der Waals surface area (Å²) in [5.74, 6) is -0.338. The first-order valence-corrected chi connectivity index (χ1v) is 7.85. The fourth-order valence-electron chi connectivity index (χ4n) is 1.50. The van der Waals surface area contributed by atoms with E-state index in [-0.39, 0.29) is 10.7 Å². The standard InChI is InChI=1S/C13H12O4S2/c1-10(13(14)12-8-5-9-18-12)17-19(15,16)11-6-3-2-4-7-11/h2-10H,1H3. The van der Waals surface area contributed by atoms with Crippen molar-refractivity contribution in [2.75, 3.05) is 0 Å². The van der Waals surface area contributed by atoms with Crippen LogP contribution in [0.1, 0.15) is 16.6 Å². The van der Waals surface area contributed by atoms with Gasteiger partial charge in [0.15, 0.2) is 0 Å². The van der Waals surface area contributed by atoms with Gasteiger partial charge in [-0.3, -0.25) is 8.98 Å². The van der Waals surface area contributed by atoms with E-state index in [4.69, 9.17) is 4.18 Å². The Hall–Kier alpha value is -1.50. The highest BCUT2D eigenvalue weighted by molar-refractivity contribution is 7.86. The normalized spacial score (nSPS) is 13.1. The van der Waals surface area contributed by atoms with Gasteiger partial charge in [0, 0.05) is 0 Å². The second-order valence-electron chi connectivity index (χ2n) is 3.85. The molecular formula is C13H12O4S2. The van der Waals surface area contributed by atoms with E-state index in [9.17, 15) is 13.2 Å². The molecule has 0 radical (unpaired) electrons. The predicted octanol–water partition coefficient (Wildman–Crippen LogP) is 2.72. The SMILES string of the molecule is CC(OS(=O)(=O)c1ccccc1)C(=O)c1cccs1. The van der Waals surface area contributed by atoms with Crippen molar-refractivity contribution in [1.82, 2.24) is 0 Å². The Bertz CT molecular complexity index is 645. The van der Waals surface area contributed by atoms with Gasteiger partial charge in [0.1, 0.15) is 6.10 Å². The maximum atomic E-state index is 11.9. The molecule has 6 heteroatoms. The Labute approximate surface area is 115 Å². The summed E-state index contributed by atoms with van der Waals surface area (Å²) in [7, 11) is -3.91. The van der Waals surface area contributed by atoms with Crippen molar-refractivity contribution < 1.29 is 17.4 Å². The van der Waals surface area contributed by atoms with Gasteiger partial charge in [-0.1, -0.05) is 24.3 Å². The third kappa shape index (κ3) is 3.28. The highest BCUT2D eigenvalue weighted by Gasteiger charge is 2.24. The molecule has 4 nitrogen and oxygen atoms in total. The number of carbonyl (C=O) groups excluding carboxylic acids is 1. The average molecular weight is 296 g/mol. The van der Waals surface area contributed by atoms with Crippen molar-refractivity contribution in [2.45, 2.75) is 17.9 Å². The van der Waals surface area contributed by atoms with Crippen LogP contribution in [0.25, 0.3) is 0 Å². The molecule has 0 saturated heterocycles. The zero-order valence-corrected chi connectivity index (χ0v) is 11.8. The Balaban J connectivity index is 2.15. The first-order valence-electron chi connectivity index (χ1n) is 5.57. The van der Waals surface area contributed by atoms with Crippen molar-refractivity contribution in [3.05, 3.63) is 52.7 Å². The van der Waals surface area contributed by atoms with Gasteiger partial charge >= 0.3 is 0 Å². The Morgan fingerprint density at radius 3 is 2.42 bits per heavy atom. The molecule has 0 spiro atoms. The van der Waals surface area contributed by atoms with Crippen molar-refractivity contribution >= 4 is 27.2 Å². The van der Waals surface area contributed by atoms with Crippen LogP contribution in [0.5, 0.6) is 0 Å². The summed E-state index contributed by atoms with van der Waals surface area (Å²) < 4.78 is 28.8. The van der Waals surface area contributed by atoms with Crippen LogP contribution in [-0.4, -0.2) is 20.3 Å². The van der Waals surface area contributed by atoms with Crippen LogP contribution in [0, 0.1) is 0 Å². The number of benzene rings is 1. The van der Waals surface area contributed by atoms with Gasteiger partial charge in [0.05, 0.1) is 9.77 Å². The van der Waals surface area contributed by atoms with Crippen LogP contribution >= 0.6 is 11.3 Å². The maximum absolute atomic E-state index is 11.9. The van der Waals surface area contributed by atoms with Crippen molar-refractivity contribution in [3.8, 4) is 0 Å². The van der Waals surface area contributed by atoms with E-state index in [1.807, 2.05) is 0 Å². The molecule has 1 unspecified atom stereocenters. The molecule has 1 atom stereocenters. The van der Waals surface area contributed by atoms with Crippen LogP contribution in [0.2, 0.25) is 0 Å². The number of hydrogen-bond donors (Lipinski definition) is 0. The fraction of sp³-hybridized carbons (Fsp3) is 0.154. The number of Topliss-reactive ketones (excluding diaryl/α,β-unsaturated/α-hetero) is 1. The van der Waals surface area contributed by atoms with Gasteiger partial charge in [0.2, 0.25) is 5.78 Å². The molecule has 1 aromatic carbocycles. The van der Waals surface area contributed by atoms with E-state index >= 15 is 0 Å². The number of ketones is 1. The summed E-state index contributed by atoms with van der Waals surface area (Å²) >= 11 is 1.26.